The van der Waals surface area contributed by atoms with E-state index in [1.807, 2.05) is 12.1 Å². The predicted octanol–water partition coefficient (Wildman–Crippen LogP) is 4.15. The first kappa shape index (κ1) is 12.5. The monoisotopic (exact) mass is 291 g/mol. The van der Waals surface area contributed by atoms with Crippen molar-refractivity contribution >= 4 is 34.7 Å². The van der Waals surface area contributed by atoms with Gasteiger partial charge in [0.1, 0.15) is 0 Å². The van der Waals surface area contributed by atoms with Gasteiger partial charge in [0.05, 0.1) is 15.8 Å². The quantitative estimate of drug-likeness (QED) is 0.844. The number of benzene rings is 1. The third-order valence-corrected chi connectivity index (χ3v) is 3.56. The standard InChI is InChI=1S/C14H11Cl2N3/c15-10-7-12(16)14(17-8-10)19-18-13-6-5-9-3-1-2-4-11(9)13/h1-4,7-8H,5-6H2,(H,17,19)/b18-13-. The van der Waals surface area contributed by atoms with Crippen molar-refractivity contribution in [3.05, 3.63) is 57.7 Å². The first-order valence-electron chi connectivity index (χ1n) is 5.96. The Kier molecular flexibility index (Phi) is 3.40. The van der Waals surface area contributed by atoms with Gasteiger partial charge in [-0.25, -0.2) is 4.98 Å². The van der Waals surface area contributed by atoms with Crippen molar-refractivity contribution in [1.82, 2.24) is 4.98 Å². The number of hydrogen-bond donors (Lipinski definition) is 1. The van der Waals surface area contributed by atoms with Crippen LogP contribution in [0.1, 0.15) is 17.5 Å². The highest BCUT2D eigenvalue weighted by Crippen LogP contribution is 2.25. The maximum Gasteiger partial charge on any atom is 0.165 e. The van der Waals surface area contributed by atoms with Crippen molar-refractivity contribution in [3.63, 3.8) is 0 Å². The Morgan fingerprint density at radius 1 is 1.16 bits per heavy atom. The molecular weight excluding hydrogens is 281 g/mol. The van der Waals surface area contributed by atoms with E-state index in [1.54, 1.807) is 12.3 Å². The van der Waals surface area contributed by atoms with Gasteiger partial charge in [0.15, 0.2) is 5.82 Å². The highest BCUT2D eigenvalue weighted by atomic mass is 35.5. The van der Waals surface area contributed by atoms with Crippen molar-refractivity contribution in [2.75, 3.05) is 5.43 Å². The Morgan fingerprint density at radius 2 is 2.00 bits per heavy atom. The third kappa shape index (κ3) is 2.57. The minimum atomic E-state index is 0.461. The predicted molar refractivity (Wildman–Crippen MR) is 79.2 cm³/mol. The number of hydrazone groups is 1. The van der Waals surface area contributed by atoms with Gasteiger partial charge in [0.2, 0.25) is 0 Å². The molecule has 0 aliphatic heterocycles. The highest BCUT2D eigenvalue weighted by Gasteiger charge is 2.16. The zero-order valence-electron chi connectivity index (χ0n) is 10.0. The minimum Gasteiger partial charge on any atom is -0.260 e. The second-order valence-corrected chi connectivity index (χ2v) is 5.16. The lowest BCUT2D eigenvalue weighted by Crippen LogP contribution is -2.01. The molecule has 0 radical (unpaired) electrons. The average molecular weight is 292 g/mol. The molecule has 19 heavy (non-hydrogen) atoms. The van der Waals surface area contributed by atoms with Crippen molar-refractivity contribution < 1.29 is 0 Å². The van der Waals surface area contributed by atoms with E-state index in [2.05, 4.69) is 27.6 Å². The fraction of sp³-hybridized carbons (Fsp3) is 0.143. The molecule has 0 fully saturated rings. The number of aromatic nitrogens is 1. The van der Waals surface area contributed by atoms with Crippen LogP contribution in [0.25, 0.3) is 0 Å². The zero-order valence-corrected chi connectivity index (χ0v) is 11.5. The minimum absolute atomic E-state index is 0.461. The summed E-state index contributed by atoms with van der Waals surface area (Å²) in [6.45, 7) is 0. The van der Waals surface area contributed by atoms with Crippen molar-refractivity contribution in [1.29, 1.82) is 0 Å². The molecule has 0 saturated carbocycles. The van der Waals surface area contributed by atoms with Gasteiger partial charge in [-0.05, 0) is 24.5 Å². The van der Waals surface area contributed by atoms with E-state index in [0.717, 1.165) is 18.6 Å². The summed E-state index contributed by atoms with van der Waals surface area (Å²) in [5.41, 5.74) is 6.47. The van der Waals surface area contributed by atoms with E-state index in [9.17, 15) is 0 Å². The van der Waals surface area contributed by atoms with Crippen molar-refractivity contribution in [2.24, 2.45) is 5.10 Å². The number of hydrogen-bond acceptors (Lipinski definition) is 3. The molecule has 3 rings (SSSR count). The molecule has 0 atom stereocenters. The van der Waals surface area contributed by atoms with Crippen LogP contribution >= 0.6 is 23.2 Å². The molecule has 0 bridgehead atoms. The van der Waals surface area contributed by atoms with Crippen molar-refractivity contribution in [2.45, 2.75) is 12.8 Å². The molecule has 96 valence electrons. The zero-order chi connectivity index (χ0) is 13.2. The summed E-state index contributed by atoms with van der Waals surface area (Å²) in [4.78, 5) is 4.11. The largest absolute Gasteiger partial charge is 0.260 e. The Hall–Kier alpha value is -1.58. The van der Waals surface area contributed by atoms with Crippen LogP contribution in [0.4, 0.5) is 5.82 Å². The van der Waals surface area contributed by atoms with Crippen LogP contribution in [-0.2, 0) is 6.42 Å². The van der Waals surface area contributed by atoms with E-state index < -0.39 is 0 Å². The molecule has 1 aromatic carbocycles. The van der Waals surface area contributed by atoms with Gasteiger partial charge >= 0.3 is 0 Å². The summed E-state index contributed by atoms with van der Waals surface area (Å²) >= 11 is 11.8. The molecule has 1 aliphatic rings. The highest BCUT2D eigenvalue weighted by molar-refractivity contribution is 6.35. The lowest BCUT2D eigenvalue weighted by molar-refractivity contribution is 1.08. The normalized spacial score (nSPS) is 15.6. The first-order chi connectivity index (χ1) is 9.24. The molecule has 0 unspecified atom stereocenters. The number of nitrogens with zero attached hydrogens (tertiary/aromatic N) is 2. The summed E-state index contributed by atoms with van der Waals surface area (Å²) in [5.74, 6) is 0.517. The lowest BCUT2D eigenvalue weighted by Gasteiger charge is -2.04. The smallest absolute Gasteiger partial charge is 0.165 e. The first-order valence-corrected chi connectivity index (χ1v) is 6.71. The molecule has 0 amide bonds. The number of anilines is 1. The molecular formula is C14H11Cl2N3. The van der Waals surface area contributed by atoms with Gasteiger partial charge in [-0.3, -0.25) is 5.43 Å². The average Bonchev–Trinajstić information content (AvgIpc) is 2.81. The SMILES string of the molecule is Clc1cnc(N/N=C2/CCc3ccccc32)c(Cl)c1. The van der Waals surface area contributed by atoms with Gasteiger partial charge in [-0.2, -0.15) is 5.10 Å². The van der Waals surface area contributed by atoms with E-state index >= 15 is 0 Å². The maximum absolute atomic E-state index is 6.04. The Morgan fingerprint density at radius 3 is 2.84 bits per heavy atom. The van der Waals surface area contributed by atoms with E-state index in [4.69, 9.17) is 23.2 Å². The number of pyridine rings is 1. The second kappa shape index (κ2) is 5.19. The van der Waals surface area contributed by atoms with Gasteiger partial charge in [-0.1, -0.05) is 47.5 Å². The van der Waals surface area contributed by atoms with Gasteiger partial charge in [-0.15, -0.1) is 0 Å². The molecule has 0 saturated heterocycles. The molecule has 1 heterocycles. The van der Waals surface area contributed by atoms with E-state index in [-0.39, 0.29) is 0 Å². The molecule has 3 nitrogen and oxygen atoms in total. The van der Waals surface area contributed by atoms with E-state index in [1.165, 1.54) is 11.1 Å². The number of halogens is 2. The Balaban J connectivity index is 1.84. The number of nitrogens with one attached hydrogen (secondary N) is 1. The van der Waals surface area contributed by atoms with Crippen LogP contribution in [0.3, 0.4) is 0 Å². The van der Waals surface area contributed by atoms with Gasteiger partial charge in [0.25, 0.3) is 0 Å². The maximum atomic E-state index is 6.04. The van der Waals surface area contributed by atoms with Crippen molar-refractivity contribution in [3.8, 4) is 0 Å². The summed E-state index contributed by atoms with van der Waals surface area (Å²) in [5, 5.41) is 5.37. The lowest BCUT2D eigenvalue weighted by atomic mass is 10.1. The second-order valence-electron chi connectivity index (χ2n) is 4.31. The van der Waals surface area contributed by atoms with Gasteiger partial charge < -0.3 is 0 Å². The fourth-order valence-electron chi connectivity index (χ4n) is 2.14. The molecule has 1 N–H and O–H groups in total. The Labute approximate surface area is 121 Å². The van der Waals surface area contributed by atoms with Crippen LogP contribution in [0.5, 0.6) is 0 Å². The topological polar surface area (TPSA) is 37.3 Å². The Bertz CT molecular complexity index is 653. The summed E-state index contributed by atoms with van der Waals surface area (Å²) in [6, 6.07) is 9.92. The number of fused-ring (bicyclic) bond motifs is 1. The van der Waals surface area contributed by atoms with E-state index in [0.29, 0.717) is 15.9 Å². The van der Waals surface area contributed by atoms with Crippen LogP contribution in [0, 0.1) is 0 Å². The molecule has 1 aromatic heterocycles. The summed E-state index contributed by atoms with van der Waals surface area (Å²) in [7, 11) is 0. The molecule has 2 aromatic rings. The summed E-state index contributed by atoms with van der Waals surface area (Å²) < 4.78 is 0. The van der Waals surface area contributed by atoms with Crippen LogP contribution < -0.4 is 5.43 Å². The number of aryl methyl sites for hydroxylation is 1. The molecule has 5 heteroatoms. The third-order valence-electron chi connectivity index (χ3n) is 3.06. The van der Waals surface area contributed by atoms with Crippen LogP contribution in [-0.4, -0.2) is 10.7 Å². The molecule has 1 aliphatic carbocycles. The van der Waals surface area contributed by atoms with Crippen LogP contribution in [0.2, 0.25) is 10.0 Å². The number of rotatable bonds is 2. The van der Waals surface area contributed by atoms with Crippen LogP contribution in [0.15, 0.2) is 41.6 Å². The summed E-state index contributed by atoms with van der Waals surface area (Å²) in [6.07, 6.45) is 3.49. The van der Waals surface area contributed by atoms with Gasteiger partial charge in [0, 0.05) is 11.8 Å². The fourth-order valence-corrected chi connectivity index (χ4v) is 2.56. The molecule has 0 spiro atoms.